The van der Waals surface area contributed by atoms with Gasteiger partial charge < -0.3 is 21.1 Å². The molecule has 5 N–H and O–H groups in total. The van der Waals surface area contributed by atoms with E-state index in [0.29, 0.717) is 6.42 Å². The van der Waals surface area contributed by atoms with Gasteiger partial charge in [0.2, 0.25) is 5.91 Å². The number of unbranched alkanes of at least 4 members (excludes halogenated alkanes) is 20. The zero-order chi connectivity index (χ0) is 37.5. The molecule has 8 nitrogen and oxygen atoms in total. The molecule has 0 spiro atoms. The van der Waals surface area contributed by atoms with Crippen LogP contribution in [-0.2, 0) is 18.4 Å². The van der Waals surface area contributed by atoms with Gasteiger partial charge in [-0.2, -0.15) is 0 Å². The van der Waals surface area contributed by atoms with Crippen molar-refractivity contribution in [3.63, 3.8) is 0 Å². The highest BCUT2D eigenvalue weighted by atomic mass is 31.2. The topological polar surface area (TPSA) is 131 Å². The van der Waals surface area contributed by atoms with Crippen molar-refractivity contribution in [2.75, 3.05) is 19.8 Å². The number of rotatable bonds is 38. The average molecular weight is 739 g/mol. The van der Waals surface area contributed by atoms with Crippen molar-refractivity contribution in [2.24, 2.45) is 5.73 Å². The van der Waals surface area contributed by atoms with Crippen LogP contribution >= 0.6 is 7.82 Å². The molecule has 0 bridgehead atoms. The monoisotopic (exact) mass is 739 g/mol. The first-order chi connectivity index (χ1) is 24.9. The van der Waals surface area contributed by atoms with Gasteiger partial charge in [-0.25, -0.2) is 4.57 Å². The summed E-state index contributed by atoms with van der Waals surface area (Å²) in [7, 11) is -4.35. The molecule has 3 atom stereocenters. The predicted molar refractivity (Wildman–Crippen MR) is 217 cm³/mol. The Labute approximate surface area is 313 Å². The van der Waals surface area contributed by atoms with Gasteiger partial charge in [-0.3, -0.25) is 13.8 Å². The number of aliphatic hydroxyl groups is 1. The van der Waals surface area contributed by atoms with Gasteiger partial charge in [0, 0.05) is 13.0 Å². The minimum absolute atomic E-state index is 0.0692. The fourth-order valence-electron chi connectivity index (χ4n) is 5.69. The first kappa shape index (κ1) is 49.5. The van der Waals surface area contributed by atoms with Crippen molar-refractivity contribution in [3.05, 3.63) is 48.6 Å². The Morgan fingerprint density at radius 2 is 1.04 bits per heavy atom. The maximum atomic E-state index is 12.7. The molecule has 0 rings (SSSR count). The summed E-state index contributed by atoms with van der Waals surface area (Å²) in [5.74, 6) is -0.220. The van der Waals surface area contributed by atoms with E-state index in [1.54, 1.807) is 6.08 Å². The minimum Gasteiger partial charge on any atom is -0.387 e. The lowest BCUT2D eigenvalue weighted by Gasteiger charge is -2.23. The fraction of sp³-hybridized carbons (Fsp3) is 0.786. The molecule has 0 aromatic heterocycles. The van der Waals surface area contributed by atoms with E-state index in [1.807, 2.05) is 6.08 Å². The number of nitrogens with two attached hydrogens (primary N) is 1. The first-order valence-corrected chi connectivity index (χ1v) is 22.3. The number of phosphoric acid groups is 1. The van der Waals surface area contributed by atoms with Crippen molar-refractivity contribution >= 4 is 13.7 Å². The Hall–Kier alpha value is -1.54. The molecule has 0 heterocycles. The van der Waals surface area contributed by atoms with Crippen LogP contribution in [0.4, 0.5) is 0 Å². The van der Waals surface area contributed by atoms with Crippen molar-refractivity contribution in [3.8, 4) is 0 Å². The summed E-state index contributed by atoms with van der Waals surface area (Å²) in [5, 5.41) is 13.6. The van der Waals surface area contributed by atoms with Gasteiger partial charge in [0.15, 0.2) is 0 Å². The highest BCUT2D eigenvalue weighted by Crippen LogP contribution is 2.43. The van der Waals surface area contributed by atoms with Crippen LogP contribution in [-0.4, -0.2) is 47.8 Å². The molecule has 3 unspecified atom stereocenters. The van der Waals surface area contributed by atoms with E-state index in [2.05, 4.69) is 55.6 Å². The summed E-state index contributed by atoms with van der Waals surface area (Å²) in [4.78, 5) is 22.6. The van der Waals surface area contributed by atoms with Crippen LogP contribution in [0.2, 0.25) is 0 Å². The summed E-state index contributed by atoms with van der Waals surface area (Å²) in [5.41, 5.74) is 5.36. The molecule has 0 saturated heterocycles. The standard InChI is InChI=1S/C42H79N2O6P/c1-3-5-7-9-11-13-15-17-18-19-20-21-22-23-24-25-27-29-31-33-35-41(45)40(39-50-51(47,48)49-38-37-43)44-42(46)36-34-32-30-28-26-16-14-12-10-8-6-4-2/h12,14,21-22,25,27,33,35,40-41,45H,3-11,13,15-20,23-24,26,28-32,34,36-39,43H2,1-2H3,(H,44,46)(H,47,48)/b14-12-,22-21+,27-25+,35-33+. The summed E-state index contributed by atoms with van der Waals surface area (Å²) in [6.07, 6.45) is 45.9. The maximum Gasteiger partial charge on any atom is 0.472 e. The number of aliphatic hydroxyl groups excluding tert-OH is 1. The van der Waals surface area contributed by atoms with Gasteiger partial charge in [0.25, 0.3) is 0 Å². The molecule has 1 amide bonds. The molecule has 0 fully saturated rings. The van der Waals surface area contributed by atoms with Crippen LogP contribution in [0, 0.1) is 0 Å². The predicted octanol–water partition coefficient (Wildman–Crippen LogP) is 11.3. The molecule has 0 aliphatic rings. The molecular weight excluding hydrogens is 659 g/mol. The van der Waals surface area contributed by atoms with Gasteiger partial charge >= 0.3 is 7.82 Å². The van der Waals surface area contributed by atoms with E-state index < -0.39 is 20.0 Å². The van der Waals surface area contributed by atoms with Gasteiger partial charge in [-0.05, 0) is 70.6 Å². The summed E-state index contributed by atoms with van der Waals surface area (Å²) >= 11 is 0. The van der Waals surface area contributed by atoms with Crippen LogP contribution in [0.1, 0.15) is 181 Å². The molecule has 0 aliphatic carbocycles. The van der Waals surface area contributed by atoms with Crippen molar-refractivity contribution < 1.29 is 28.4 Å². The molecule has 0 saturated carbocycles. The van der Waals surface area contributed by atoms with E-state index >= 15 is 0 Å². The number of phosphoric ester groups is 1. The lowest BCUT2D eigenvalue weighted by molar-refractivity contribution is -0.123. The van der Waals surface area contributed by atoms with E-state index in [9.17, 15) is 19.4 Å². The van der Waals surface area contributed by atoms with Gasteiger partial charge in [0.05, 0.1) is 25.4 Å². The summed E-state index contributed by atoms with van der Waals surface area (Å²) in [6.45, 7) is 4.06. The SMILES string of the molecule is CCCCC/C=C\CCCCCCCC(=O)NC(COP(=O)(O)OCCN)C(O)/C=C/CC/C=C/CC/C=C/CCCCCCCCCCCC. The van der Waals surface area contributed by atoms with Crippen LogP contribution in [0.25, 0.3) is 0 Å². The zero-order valence-electron chi connectivity index (χ0n) is 32.8. The van der Waals surface area contributed by atoms with Crippen molar-refractivity contribution in [1.29, 1.82) is 0 Å². The second kappa shape index (κ2) is 38.2. The first-order valence-electron chi connectivity index (χ1n) is 20.8. The molecular formula is C42H79N2O6P. The van der Waals surface area contributed by atoms with Gasteiger partial charge in [0.1, 0.15) is 0 Å². The fourth-order valence-corrected chi connectivity index (χ4v) is 6.45. The number of nitrogens with one attached hydrogen (secondary N) is 1. The Morgan fingerprint density at radius 1 is 0.627 bits per heavy atom. The van der Waals surface area contributed by atoms with E-state index in [-0.39, 0.29) is 25.7 Å². The van der Waals surface area contributed by atoms with Crippen molar-refractivity contribution in [2.45, 2.75) is 193 Å². The lowest BCUT2D eigenvalue weighted by atomic mass is 10.1. The van der Waals surface area contributed by atoms with Crippen LogP contribution < -0.4 is 11.1 Å². The third-order valence-corrected chi connectivity index (χ3v) is 9.84. The van der Waals surface area contributed by atoms with Crippen LogP contribution in [0.3, 0.4) is 0 Å². The average Bonchev–Trinajstić information content (AvgIpc) is 3.12. The van der Waals surface area contributed by atoms with Gasteiger partial charge in [-0.15, -0.1) is 0 Å². The van der Waals surface area contributed by atoms with Crippen molar-refractivity contribution in [1.82, 2.24) is 5.32 Å². The molecule has 9 heteroatoms. The number of hydrogen-bond donors (Lipinski definition) is 4. The molecule has 0 radical (unpaired) electrons. The largest absolute Gasteiger partial charge is 0.472 e. The molecule has 0 aliphatic heterocycles. The van der Waals surface area contributed by atoms with E-state index in [1.165, 1.54) is 96.3 Å². The highest BCUT2D eigenvalue weighted by molar-refractivity contribution is 7.47. The summed E-state index contributed by atoms with van der Waals surface area (Å²) in [6, 6.07) is -0.887. The van der Waals surface area contributed by atoms with Gasteiger partial charge in [-0.1, -0.05) is 152 Å². The number of amides is 1. The molecule has 0 aromatic rings. The number of carbonyl (C=O) groups excluding carboxylic acids is 1. The summed E-state index contributed by atoms with van der Waals surface area (Å²) < 4.78 is 22.0. The molecule has 51 heavy (non-hydrogen) atoms. The Morgan fingerprint density at radius 3 is 1.55 bits per heavy atom. The second-order valence-corrected chi connectivity index (χ2v) is 15.3. The van der Waals surface area contributed by atoms with E-state index in [4.69, 9.17) is 14.8 Å². The van der Waals surface area contributed by atoms with Crippen LogP contribution in [0.15, 0.2) is 48.6 Å². The molecule has 298 valence electrons. The number of hydrogen-bond acceptors (Lipinski definition) is 6. The minimum atomic E-state index is -4.35. The molecule has 0 aromatic carbocycles. The number of allylic oxidation sites excluding steroid dienone is 7. The Bertz CT molecular complexity index is 938. The smallest absolute Gasteiger partial charge is 0.387 e. The maximum absolute atomic E-state index is 12.7. The second-order valence-electron chi connectivity index (χ2n) is 13.8. The quantitative estimate of drug-likeness (QED) is 0.0282. The Balaban J connectivity index is 4.33. The lowest BCUT2D eigenvalue weighted by Crippen LogP contribution is -2.45. The Kier molecular flexibility index (Phi) is 37.0. The highest BCUT2D eigenvalue weighted by Gasteiger charge is 2.26. The number of carbonyl (C=O) groups is 1. The van der Waals surface area contributed by atoms with E-state index in [0.717, 1.165) is 64.2 Å². The van der Waals surface area contributed by atoms with Crippen LogP contribution in [0.5, 0.6) is 0 Å². The third-order valence-electron chi connectivity index (χ3n) is 8.85. The normalized spacial score (nSPS) is 14.7. The third kappa shape index (κ3) is 36.6. The zero-order valence-corrected chi connectivity index (χ0v) is 33.7.